The minimum atomic E-state index is -0.00694. The molecule has 0 aromatic rings. The van der Waals surface area contributed by atoms with E-state index in [1.54, 1.807) is 0 Å². The van der Waals surface area contributed by atoms with Gasteiger partial charge in [0.05, 0.1) is 5.83 Å². The molecule has 0 nitrogen and oxygen atoms in total. The fourth-order valence-electron chi connectivity index (χ4n) is 1.05. The van der Waals surface area contributed by atoms with Gasteiger partial charge in [-0.1, -0.05) is 20.8 Å². The van der Waals surface area contributed by atoms with Crippen molar-refractivity contribution < 1.29 is 4.39 Å². The van der Waals surface area contributed by atoms with E-state index in [1.807, 2.05) is 20.8 Å². The Kier molecular flexibility index (Phi) is 3.52. The molecule has 0 fully saturated rings. The topological polar surface area (TPSA) is 0 Å². The molecule has 0 aliphatic carbocycles. The lowest BCUT2D eigenvalue weighted by molar-refractivity contribution is 0.583. The van der Waals surface area contributed by atoms with E-state index in [0.29, 0.717) is 5.92 Å². The molecule has 54 valence electrons. The first-order valence-electron chi connectivity index (χ1n) is 3.44. The van der Waals surface area contributed by atoms with E-state index in [-0.39, 0.29) is 5.83 Å². The average molecular weight is 130 g/mol. The fourth-order valence-corrected chi connectivity index (χ4v) is 1.05. The molecule has 0 saturated carbocycles. The molecule has 0 atom stereocenters. The van der Waals surface area contributed by atoms with Gasteiger partial charge in [-0.2, -0.15) is 0 Å². The molecule has 0 radical (unpaired) electrons. The summed E-state index contributed by atoms with van der Waals surface area (Å²) in [6, 6.07) is 0. The normalized spacial score (nSPS) is 14.0. The zero-order valence-electron chi connectivity index (χ0n) is 6.66. The van der Waals surface area contributed by atoms with E-state index in [2.05, 4.69) is 0 Å². The first-order valence-corrected chi connectivity index (χ1v) is 3.44. The Morgan fingerprint density at radius 3 is 1.89 bits per heavy atom. The lowest BCUT2D eigenvalue weighted by Gasteiger charge is -2.07. The fraction of sp³-hybridized carbons (Fsp3) is 0.750. The Hall–Kier alpha value is -0.330. The van der Waals surface area contributed by atoms with Crippen LogP contribution in [0, 0.1) is 5.92 Å². The third-order valence-corrected chi connectivity index (χ3v) is 1.52. The highest BCUT2D eigenvalue weighted by molar-refractivity contribution is 5.07. The van der Waals surface area contributed by atoms with Crippen LogP contribution in [0.1, 0.15) is 34.1 Å². The van der Waals surface area contributed by atoms with Crippen molar-refractivity contribution in [1.82, 2.24) is 0 Å². The van der Waals surface area contributed by atoms with Crippen LogP contribution < -0.4 is 0 Å². The molecule has 0 aromatic heterocycles. The standard InChI is InChI=1S/C8H15F/c1-5-8(6(2)3)7(4)9/h6H,5H2,1-4H3/b8-7-. The van der Waals surface area contributed by atoms with Gasteiger partial charge >= 0.3 is 0 Å². The van der Waals surface area contributed by atoms with Crippen molar-refractivity contribution in [3.8, 4) is 0 Å². The summed E-state index contributed by atoms with van der Waals surface area (Å²) < 4.78 is 12.5. The number of rotatable bonds is 2. The van der Waals surface area contributed by atoms with Crippen LogP contribution in [0.5, 0.6) is 0 Å². The van der Waals surface area contributed by atoms with Gasteiger partial charge in [-0.25, -0.2) is 4.39 Å². The second-order valence-electron chi connectivity index (χ2n) is 2.57. The molecule has 0 spiro atoms. The van der Waals surface area contributed by atoms with Crippen LogP contribution >= 0.6 is 0 Å². The van der Waals surface area contributed by atoms with Gasteiger partial charge in [0.15, 0.2) is 0 Å². The summed E-state index contributed by atoms with van der Waals surface area (Å²) >= 11 is 0. The van der Waals surface area contributed by atoms with Gasteiger partial charge in [-0.05, 0) is 24.8 Å². The largest absolute Gasteiger partial charge is 0.212 e. The third-order valence-electron chi connectivity index (χ3n) is 1.52. The predicted octanol–water partition coefficient (Wildman–Crippen LogP) is 3.30. The number of hydrogen-bond donors (Lipinski definition) is 0. The second-order valence-corrected chi connectivity index (χ2v) is 2.57. The van der Waals surface area contributed by atoms with Gasteiger partial charge in [0.2, 0.25) is 0 Å². The van der Waals surface area contributed by atoms with E-state index in [1.165, 1.54) is 6.92 Å². The van der Waals surface area contributed by atoms with E-state index >= 15 is 0 Å². The van der Waals surface area contributed by atoms with Crippen LogP contribution in [0.25, 0.3) is 0 Å². The second kappa shape index (κ2) is 3.65. The van der Waals surface area contributed by atoms with Crippen LogP contribution in [0.3, 0.4) is 0 Å². The minimum absolute atomic E-state index is 0.00694. The van der Waals surface area contributed by atoms with Crippen molar-refractivity contribution in [2.24, 2.45) is 5.92 Å². The quantitative estimate of drug-likeness (QED) is 0.538. The lowest BCUT2D eigenvalue weighted by atomic mass is 10.0. The Labute approximate surface area is 56.8 Å². The maximum Gasteiger partial charge on any atom is 0.0963 e. The summed E-state index contributed by atoms with van der Waals surface area (Å²) in [5.74, 6) is 0.354. The van der Waals surface area contributed by atoms with Gasteiger partial charge in [-0.3, -0.25) is 0 Å². The Morgan fingerprint density at radius 2 is 1.89 bits per heavy atom. The summed E-state index contributed by atoms with van der Waals surface area (Å²) in [4.78, 5) is 0. The van der Waals surface area contributed by atoms with Gasteiger partial charge in [-0.15, -0.1) is 0 Å². The van der Waals surface area contributed by atoms with E-state index < -0.39 is 0 Å². The Morgan fingerprint density at radius 1 is 1.44 bits per heavy atom. The van der Waals surface area contributed by atoms with Crippen molar-refractivity contribution >= 4 is 0 Å². The summed E-state index contributed by atoms with van der Waals surface area (Å²) in [6.07, 6.45) is 0.833. The van der Waals surface area contributed by atoms with Crippen LogP contribution in [0.15, 0.2) is 11.4 Å². The van der Waals surface area contributed by atoms with Crippen molar-refractivity contribution in [1.29, 1.82) is 0 Å². The molecular formula is C8H15F. The number of hydrogen-bond acceptors (Lipinski definition) is 0. The van der Waals surface area contributed by atoms with Crippen molar-refractivity contribution in [2.75, 3.05) is 0 Å². The molecule has 0 aliphatic rings. The Balaban J connectivity index is 4.16. The first-order chi connectivity index (χ1) is 4.09. The summed E-state index contributed by atoms with van der Waals surface area (Å²) in [5, 5.41) is 0. The first kappa shape index (κ1) is 8.67. The molecule has 0 unspecified atom stereocenters. The van der Waals surface area contributed by atoms with Crippen molar-refractivity contribution in [3.05, 3.63) is 11.4 Å². The van der Waals surface area contributed by atoms with Crippen LogP contribution in [0.4, 0.5) is 4.39 Å². The van der Waals surface area contributed by atoms with E-state index in [9.17, 15) is 4.39 Å². The molecule has 0 aromatic carbocycles. The maximum atomic E-state index is 12.5. The molecule has 1 heteroatoms. The zero-order valence-corrected chi connectivity index (χ0v) is 6.66. The highest BCUT2D eigenvalue weighted by Gasteiger charge is 2.03. The van der Waals surface area contributed by atoms with Gasteiger partial charge in [0.25, 0.3) is 0 Å². The molecular weight excluding hydrogens is 115 g/mol. The van der Waals surface area contributed by atoms with Gasteiger partial charge in [0, 0.05) is 0 Å². The van der Waals surface area contributed by atoms with Crippen LogP contribution in [0.2, 0.25) is 0 Å². The average Bonchev–Trinajstić information content (AvgIpc) is 1.64. The molecule has 0 N–H and O–H groups in total. The van der Waals surface area contributed by atoms with Crippen LogP contribution in [-0.2, 0) is 0 Å². The third kappa shape index (κ3) is 2.64. The highest BCUT2D eigenvalue weighted by Crippen LogP contribution is 2.18. The maximum absolute atomic E-state index is 12.5. The molecule has 0 amide bonds. The van der Waals surface area contributed by atoms with Gasteiger partial charge < -0.3 is 0 Å². The molecule has 0 bridgehead atoms. The Bertz CT molecular complexity index is 108. The monoisotopic (exact) mass is 130 g/mol. The minimum Gasteiger partial charge on any atom is -0.212 e. The lowest BCUT2D eigenvalue weighted by Crippen LogP contribution is -1.93. The van der Waals surface area contributed by atoms with E-state index in [0.717, 1.165) is 12.0 Å². The van der Waals surface area contributed by atoms with Crippen molar-refractivity contribution in [2.45, 2.75) is 34.1 Å². The number of halogens is 1. The predicted molar refractivity (Wildman–Crippen MR) is 38.9 cm³/mol. The molecule has 9 heavy (non-hydrogen) atoms. The highest BCUT2D eigenvalue weighted by atomic mass is 19.1. The molecule has 0 heterocycles. The zero-order chi connectivity index (χ0) is 7.44. The SMILES string of the molecule is CC/C(=C(\C)F)C(C)C. The molecule has 0 aliphatic heterocycles. The molecule has 0 saturated heterocycles. The van der Waals surface area contributed by atoms with Crippen molar-refractivity contribution in [3.63, 3.8) is 0 Å². The summed E-state index contributed by atoms with van der Waals surface area (Å²) in [7, 11) is 0. The number of allylic oxidation sites excluding steroid dienone is 2. The summed E-state index contributed by atoms with van der Waals surface area (Å²) in [6.45, 7) is 7.54. The van der Waals surface area contributed by atoms with E-state index in [4.69, 9.17) is 0 Å². The van der Waals surface area contributed by atoms with Gasteiger partial charge in [0.1, 0.15) is 0 Å². The molecule has 0 rings (SSSR count). The van der Waals surface area contributed by atoms with Crippen LogP contribution in [-0.4, -0.2) is 0 Å². The summed E-state index contributed by atoms with van der Waals surface area (Å²) in [5.41, 5.74) is 0.940. The smallest absolute Gasteiger partial charge is 0.0963 e.